The molecule has 0 radical (unpaired) electrons. The van der Waals surface area contributed by atoms with Gasteiger partial charge in [-0.2, -0.15) is 26.3 Å². The minimum Gasteiger partial charge on any atom is -0.399 e. The first-order valence-electron chi connectivity index (χ1n) is 6.44. The van der Waals surface area contributed by atoms with Gasteiger partial charge in [0, 0.05) is 11.1 Å². The fourth-order valence-electron chi connectivity index (χ4n) is 1.58. The molecule has 2 aromatic rings. The Kier molecular flexibility index (Phi) is 5.25. The Labute approximate surface area is 140 Å². The van der Waals surface area contributed by atoms with E-state index in [1.807, 2.05) is 5.32 Å². The van der Waals surface area contributed by atoms with Crippen molar-refractivity contribution in [3.63, 3.8) is 0 Å². The number of nitrogens with one attached hydrogen (secondary N) is 1. The zero-order valence-corrected chi connectivity index (χ0v) is 13.0. The van der Waals surface area contributed by atoms with Crippen LogP contribution in [0.5, 0.6) is 0 Å². The van der Waals surface area contributed by atoms with Crippen LogP contribution in [0.25, 0.3) is 0 Å². The summed E-state index contributed by atoms with van der Waals surface area (Å²) in [7, 11) is 0. The second-order valence-electron chi connectivity index (χ2n) is 4.37. The molecule has 2 aromatic heterocycles. The van der Waals surface area contributed by atoms with Crippen molar-refractivity contribution in [2.24, 2.45) is 0 Å². The lowest BCUT2D eigenvalue weighted by Gasteiger charge is -2.11. The second-order valence-corrected chi connectivity index (χ2v) is 5.67. The lowest BCUT2D eigenvalue weighted by atomic mass is 10.2. The number of hydrogen-bond acceptors (Lipinski definition) is 6. The SMILES string of the molecule is CCSc1cc(C(F)(F)F)cnc1C(=O)Nc1nnc(C(F)(F)F)o1. The largest absolute Gasteiger partial charge is 0.470 e. The molecule has 0 saturated heterocycles. The maximum Gasteiger partial charge on any atom is 0.470 e. The Morgan fingerprint density at radius 3 is 2.40 bits per heavy atom. The molecule has 2 heterocycles. The van der Waals surface area contributed by atoms with Gasteiger partial charge in [-0.1, -0.05) is 12.0 Å². The molecule has 0 aliphatic carbocycles. The molecule has 0 aliphatic heterocycles. The third-order valence-corrected chi connectivity index (χ3v) is 3.49. The van der Waals surface area contributed by atoms with E-state index < -0.39 is 41.4 Å². The van der Waals surface area contributed by atoms with Gasteiger partial charge in [0.1, 0.15) is 5.69 Å². The molecule has 1 N–H and O–H groups in total. The minimum atomic E-state index is -4.90. The van der Waals surface area contributed by atoms with Gasteiger partial charge in [0.15, 0.2) is 0 Å². The molecule has 136 valence electrons. The Morgan fingerprint density at radius 1 is 1.20 bits per heavy atom. The molecule has 0 saturated carbocycles. The van der Waals surface area contributed by atoms with Crippen molar-refractivity contribution in [2.75, 3.05) is 11.1 Å². The number of amides is 1. The number of carbonyl (C=O) groups excluding carboxylic acids is 1. The van der Waals surface area contributed by atoms with E-state index in [-0.39, 0.29) is 4.90 Å². The van der Waals surface area contributed by atoms with Gasteiger partial charge < -0.3 is 4.42 Å². The third kappa shape index (κ3) is 4.61. The fraction of sp³-hybridized carbons (Fsp3) is 0.333. The Bertz CT molecular complexity index is 774. The van der Waals surface area contributed by atoms with E-state index in [1.54, 1.807) is 6.92 Å². The molecule has 0 bridgehead atoms. The van der Waals surface area contributed by atoms with Crippen molar-refractivity contribution in [1.82, 2.24) is 15.2 Å². The summed E-state index contributed by atoms with van der Waals surface area (Å²) in [4.78, 5) is 15.4. The normalized spacial score (nSPS) is 12.3. The van der Waals surface area contributed by atoms with E-state index in [2.05, 4.69) is 19.6 Å². The van der Waals surface area contributed by atoms with Crippen LogP contribution in [0, 0.1) is 0 Å². The number of aromatic nitrogens is 3. The number of thioether (sulfide) groups is 1. The lowest BCUT2D eigenvalue weighted by Crippen LogP contribution is -2.17. The summed E-state index contributed by atoms with van der Waals surface area (Å²) in [5, 5.41) is 7.58. The average molecular weight is 386 g/mol. The average Bonchev–Trinajstić information content (AvgIpc) is 2.95. The number of hydrogen-bond donors (Lipinski definition) is 1. The molecule has 0 atom stereocenters. The Morgan fingerprint density at radius 2 is 1.88 bits per heavy atom. The number of pyridine rings is 1. The van der Waals surface area contributed by atoms with Gasteiger partial charge in [-0.15, -0.1) is 16.9 Å². The number of nitrogens with zero attached hydrogens (tertiary/aromatic N) is 3. The molecular formula is C12H8F6N4O2S. The summed E-state index contributed by atoms with van der Waals surface area (Å²) in [5.74, 6) is -2.42. The highest BCUT2D eigenvalue weighted by Crippen LogP contribution is 2.33. The number of alkyl halides is 6. The molecule has 2 rings (SSSR count). The Balaban J connectivity index is 2.27. The molecule has 13 heteroatoms. The van der Waals surface area contributed by atoms with Crippen LogP contribution in [0.3, 0.4) is 0 Å². The van der Waals surface area contributed by atoms with Crippen LogP contribution in [0.4, 0.5) is 32.4 Å². The number of anilines is 1. The van der Waals surface area contributed by atoms with Crippen LogP contribution in [0.15, 0.2) is 21.6 Å². The van der Waals surface area contributed by atoms with Crippen molar-refractivity contribution in [3.8, 4) is 0 Å². The first-order valence-corrected chi connectivity index (χ1v) is 7.43. The van der Waals surface area contributed by atoms with E-state index in [9.17, 15) is 31.1 Å². The van der Waals surface area contributed by atoms with Crippen molar-refractivity contribution in [2.45, 2.75) is 24.2 Å². The fourth-order valence-corrected chi connectivity index (χ4v) is 2.38. The van der Waals surface area contributed by atoms with Gasteiger partial charge >= 0.3 is 24.3 Å². The molecule has 0 spiro atoms. The molecule has 0 fully saturated rings. The zero-order chi connectivity index (χ0) is 18.8. The van der Waals surface area contributed by atoms with Gasteiger partial charge in [0.05, 0.1) is 5.56 Å². The maximum atomic E-state index is 12.7. The smallest absolute Gasteiger partial charge is 0.399 e. The summed E-state index contributed by atoms with van der Waals surface area (Å²) in [5.41, 5.74) is -1.47. The molecular weight excluding hydrogens is 378 g/mol. The molecule has 25 heavy (non-hydrogen) atoms. The van der Waals surface area contributed by atoms with Crippen LogP contribution >= 0.6 is 11.8 Å². The van der Waals surface area contributed by atoms with Crippen molar-refractivity contribution < 1.29 is 35.6 Å². The quantitative estimate of drug-likeness (QED) is 0.635. The summed E-state index contributed by atoms with van der Waals surface area (Å²) in [6.45, 7) is 1.64. The highest BCUT2D eigenvalue weighted by Gasteiger charge is 2.38. The topological polar surface area (TPSA) is 80.9 Å². The summed E-state index contributed by atoms with van der Waals surface area (Å²) in [6.07, 6.45) is -9.10. The zero-order valence-electron chi connectivity index (χ0n) is 12.2. The van der Waals surface area contributed by atoms with Gasteiger partial charge in [-0.05, 0) is 11.8 Å². The molecule has 6 nitrogen and oxygen atoms in total. The molecule has 0 unspecified atom stereocenters. The van der Waals surface area contributed by atoms with E-state index in [0.29, 0.717) is 11.9 Å². The van der Waals surface area contributed by atoms with E-state index in [0.717, 1.165) is 17.8 Å². The molecule has 0 aliphatic rings. The first-order chi connectivity index (χ1) is 11.5. The summed E-state index contributed by atoms with van der Waals surface area (Å²) >= 11 is 0.911. The predicted octanol–water partition coefficient (Wildman–Crippen LogP) is 3.87. The minimum absolute atomic E-state index is 0.0922. The van der Waals surface area contributed by atoms with Crippen molar-refractivity contribution in [3.05, 3.63) is 29.4 Å². The van der Waals surface area contributed by atoms with E-state index >= 15 is 0 Å². The molecule has 0 aromatic carbocycles. The van der Waals surface area contributed by atoms with Crippen LogP contribution in [0.1, 0.15) is 28.9 Å². The third-order valence-electron chi connectivity index (χ3n) is 2.58. The first kappa shape index (κ1) is 19.0. The van der Waals surface area contributed by atoms with Gasteiger partial charge in [0.25, 0.3) is 5.91 Å². The predicted molar refractivity (Wildman–Crippen MR) is 72.9 cm³/mol. The number of rotatable bonds is 4. The van der Waals surface area contributed by atoms with Crippen molar-refractivity contribution in [1.29, 1.82) is 0 Å². The van der Waals surface area contributed by atoms with E-state index in [1.165, 1.54) is 0 Å². The number of halogens is 6. The van der Waals surface area contributed by atoms with Crippen LogP contribution in [-0.4, -0.2) is 26.8 Å². The van der Waals surface area contributed by atoms with Crippen LogP contribution in [-0.2, 0) is 12.4 Å². The highest BCUT2D eigenvalue weighted by molar-refractivity contribution is 7.99. The Hall–Kier alpha value is -2.31. The lowest BCUT2D eigenvalue weighted by molar-refractivity contribution is -0.156. The molecule has 1 amide bonds. The summed E-state index contributed by atoms with van der Waals surface area (Å²) < 4.78 is 79.4. The van der Waals surface area contributed by atoms with Crippen LogP contribution in [0.2, 0.25) is 0 Å². The van der Waals surface area contributed by atoms with Crippen molar-refractivity contribution >= 4 is 23.7 Å². The van der Waals surface area contributed by atoms with Gasteiger partial charge in [0.2, 0.25) is 0 Å². The maximum absolute atomic E-state index is 12.7. The van der Waals surface area contributed by atoms with Gasteiger partial charge in [-0.3, -0.25) is 10.1 Å². The monoisotopic (exact) mass is 386 g/mol. The number of carbonyl (C=O) groups is 1. The second kappa shape index (κ2) is 6.90. The van der Waals surface area contributed by atoms with E-state index in [4.69, 9.17) is 0 Å². The van der Waals surface area contributed by atoms with Gasteiger partial charge in [-0.25, -0.2) is 4.98 Å². The van der Waals surface area contributed by atoms with Crippen LogP contribution < -0.4 is 5.32 Å². The highest BCUT2D eigenvalue weighted by atomic mass is 32.2. The summed E-state index contributed by atoms with van der Waals surface area (Å²) in [6, 6.07) is -0.128. The standard InChI is InChI=1S/C12H8F6N4O2S/c1-2-25-6-3-5(11(13,14)15)4-19-7(6)8(23)20-10-22-21-9(24-10)12(16,17)18/h3-4H,2H2,1H3,(H,20,22,23).